The van der Waals surface area contributed by atoms with Crippen LogP contribution >= 0.6 is 11.8 Å². The number of nitrogens with zero attached hydrogens (tertiary/aromatic N) is 4. The summed E-state index contributed by atoms with van der Waals surface area (Å²) in [7, 11) is 3.29. The highest BCUT2D eigenvalue weighted by atomic mass is 32.2. The van der Waals surface area contributed by atoms with Crippen LogP contribution in [0.15, 0.2) is 78.9 Å². The molecule has 8 nitrogen and oxygen atoms in total. The smallest absolute Gasteiger partial charge is 0.242 e. The lowest BCUT2D eigenvalue weighted by Crippen LogP contribution is -2.46. The maximum absolute atomic E-state index is 14.1. The standard InChI is InChI=1S/C34H36N4O4S/c1-23-17-19-36(20-18-23)29(39)21-37-30(40)22-43-33(27-11-7-8-12-28(27)42-3)31-32(24-9-5-4-6-10-24)35-38(34(31)37)25-13-15-26(41-2)16-14-25/h4-16,23,33H,17-22H2,1-3H3/t33-/m0/s1. The molecule has 1 saturated heterocycles. The second kappa shape index (κ2) is 12.6. The third kappa shape index (κ3) is 5.73. The second-order valence-corrected chi connectivity index (χ2v) is 12.1. The number of amides is 2. The first-order chi connectivity index (χ1) is 21.0. The van der Waals surface area contributed by atoms with Gasteiger partial charge in [0.25, 0.3) is 0 Å². The van der Waals surface area contributed by atoms with Crippen LogP contribution in [0.1, 0.15) is 36.1 Å². The van der Waals surface area contributed by atoms with Gasteiger partial charge < -0.3 is 14.4 Å². The summed E-state index contributed by atoms with van der Waals surface area (Å²) in [5.41, 5.74) is 4.28. The largest absolute Gasteiger partial charge is 0.497 e. The molecule has 43 heavy (non-hydrogen) atoms. The number of likely N-dealkylation sites (tertiary alicyclic amines) is 1. The van der Waals surface area contributed by atoms with Gasteiger partial charge in [0, 0.05) is 29.8 Å². The fourth-order valence-electron chi connectivity index (χ4n) is 5.85. The molecule has 0 unspecified atom stereocenters. The van der Waals surface area contributed by atoms with Crippen LogP contribution in [0.4, 0.5) is 5.82 Å². The Morgan fingerprint density at radius 1 is 0.930 bits per heavy atom. The Kier molecular flexibility index (Phi) is 8.42. The molecule has 2 aliphatic rings. The van der Waals surface area contributed by atoms with Crippen LogP contribution in [-0.2, 0) is 9.59 Å². The molecule has 4 aromatic rings. The number of benzene rings is 3. The number of para-hydroxylation sites is 1. The summed E-state index contributed by atoms with van der Waals surface area (Å²) < 4.78 is 13.0. The van der Waals surface area contributed by atoms with E-state index in [9.17, 15) is 9.59 Å². The third-order valence-electron chi connectivity index (χ3n) is 8.30. The molecule has 2 amide bonds. The molecule has 0 aliphatic carbocycles. The molecule has 9 heteroatoms. The van der Waals surface area contributed by atoms with Gasteiger partial charge in [-0.05, 0) is 49.1 Å². The average Bonchev–Trinajstić information content (AvgIpc) is 3.38. The number of hydrogen-bond acceptors (Lipinski definition) is 6. The van der Waals surface area contributed by atoms with Crippen molar-refractivity contribution in [3.05, 3.63) is 90.0 Å². The van der Waals surface area contributed by atoms with Crippen LogP contribution in [0.3, 0.4) is 0 Å². The molecule has 1 fully saturated rings. The van der Waals surface area contributed by atoms with Gasteiger partial charge in [-0.2, -0.15) is 5.10 Å². The molecular formula is C34H36N4O4S. The second-order valence-electron chi connectivity index (χ2n) is 11.0. The number of fused-ring (bicyclic) bond motifs is 1. The number of carbonyl (C=O) groups excluding carboxylic acids is 2. The summed E-state index contributed by atoms with van der Waals surface area (Å²) in [6.45, 7) is 3.59. The maximum Gasteiger partial charge on any atom is 0.242 e. The van der Waals surface area contributed by atoms with Gasteiger partial charge in [0.2, 0.25) is 11.8 Å². The zero-order valence-corrected chi connectivity index (χ0v) is 25.5. The number of hydrogen-bond donors (Lipinski definition) is 0. The van der Waals surface area contributed by atoms with Crippen molar-refractivity contribution in [2.75, 3.05) is 44.5 Å². The Balaban J connectivity index is 1.57. The van der Waals surface area contributed by atoms with Crippen LogP contribution < -0.4 is 14.4 Å². The van der Waals surface area contributed by atoms with E-state index in [1.54, 1.807) is 19.1 Å². The van der Waals surface area contributed by atoms with Gasteiger partial charge in [-0.15, -0.1) is 11.8 Å². The number of aromatic nitrogens is 2. The number of anilines is 1. The van der Waals surface area contributed by atoms with E-state index in [1.807, 2.05) is 88.4 Å². The molecule has 3 heterocycles. The monoisotopic (exact) mass is 596 g/mol. The highest BCUT2D eigenvalue weighted by Gasteiger charge is 2.39. The fraction of sp³-hybridized carbons (Fsp3) is 0.324. The lowest BCUT2D eigenvalue weighted by Gasteiger charge is -2.32. The third-order valence-corrected chi connectivity index (χ3v) is 9.54. The molecule has 1 aromatic heterocycles. The van der Waals surface area contributed by atoms with E-state index in [2.05, 4.69) is 6.92 Å². The molecule has 0 bridgehead atoms. The van der Waals surface area contributed by atoms with E-state index in [1.165, 1.54) is 11.8 Å². The minimum absolute atomic E-state index is 0.0457. The van der Waals surface area contributed by atoms with Crippen molar-refractivity contribution in [2.24, 2.45) is 5.92 Å². The SMILES string of the molecule is COc1ccc(-n2nc(-c3ccccc3)c3c2N(CC(=O)N2CCC(C)CC2)C(=O)CS[C@H]3c2ccccc2OC)cc1. The molecule has 0 N–H and O–H groups in total. The van der Waals surface area contributed by atoms with E-state index in [4.69, 9.17) is 14.6 Å². The lowest BCUT2D eigenvalue weighted by molar-refractivity contribution is -0.132. The average molecular weight is 597 g/mol. The number of methoxy groups -OCH3 is 2. The highest BCUT2D eigenvalue weighted by Crippen LogP contribution is 2.50. The van der Waals surface area contributed by atoms with Gasteiger partial charge in [0.1, 0.15) is 23.9 Å². The van der Waals surface area contributed by atoms with Crippen molar-refractivity contribution in [2.45, 2.75) is 25.0 Å². The van der Waals surface area contributed by atoms with Crippen molar-refractivity contribution in [3.63, 3.8) is 0 Å². The Labute approximate surface area is 256 Å². The molecule has 2 aliphatic heterocycles. The van der Waals surface area contributed by atoms with Crippen molar-refractivity contribution in [3.8, 4) is 28.4 Å². The first-order valence-electron chi connectivity index (χ1n) is 14.6. The van der Waals surface area contributed by atoms with Gasteiger partial charge >= 0.3 is 0 Å². The van der Waals surface area contributed by atoms with Gasteiger partial charge in [0.05, 0.1) is 36.6 Å². The Hall–Kier alpha value is -4.24. The van der Waals surface area contributed by atoms with Crippen LogP contribution in [0, 0.1) is 5.92 Å². The van der Waals surface area contributed by atoms with Crippen LogP contribution in [-0.4, -0.2) is 66.1 Å². The minimum Gasteiger partial charge on any atom is -0.497 e. The topological polar surface area (TPSA) is 76.9 Å². The van der Waals surface area contributed by atoms with E-state index in [0.29, 0.717) is 24.8 Å². The molecule has 1 atom stereocenters. The summed E-state index contributed by atoms with van der Waals surface area (Å²) in [5.74, 6) is 2.69. The molecular weight excluding hydrogens is 560 g/mol. The zero-order chi connectivity index (χ0) is 29.9. The van der Waals surface area contributed by atoms with E-state index in [0.717, 1.165) is 52.4 Å². The summed E-state index contributed by atoms with van der Waals surface area (Å²) >= 11 is 1.54. The van der Waals surface area contributed by atoms with Crippen LogP contribution in [0.25, 0.3) is 16.9 Å². The lowest BCUT2D eigenvalue weighted by atomic mass is 9.98. The molecule has 0 spiro atoms. The molecule has 222 valence electrons. The van der Waals surface area contributed by atoms with Crippen molar-refractivity contribution in [1.29, 1.82) is 0 Å². The Morgan fingerprint density at radius 2 is 1.63 bits per heavy atom. The summed E-state index contributed by atoms with van der Waals surface area (Å²) in [6, 6.07) is 25.5. The zero-order valence-electron chi connectivity index (χ0n) is 24.7. The van der Waals surface area contributed by atoms with Crippen molar-refractivity contribution in [1.82, 2.24) is 14.7 Å². The summed E-state index contributed by atoms with van der Waals surface area (Å²) in [5, 5.41) is 4.91. The van der Waals surface area contributed by atoms with E-state index in [-0.39, 0.29) is 29.4 Å². The number of thioether (sulfide) groups is 1. The predicted molar refractivity (Wildman–Crippen MR) is 170 cm³/mol. The Morgan fingerprint density at radius 3 is 2.33 bits per heavy atom. The van der Waals surface area contributed by atoms with E-state index < -0.39 is 0 Å². The van der Waals surface area contributed by atoms with Crippen molar-refractivity contribution >= 4 is 29.4 Å². The number of ether oxygens (including phenoxy) is 2. The normalized spacial score (nSPS) is 17.4. The summed E-state index contributed by atoms with van der Waals surface area (Å²) in [4.78, 5) is 31.4. The first-order valence-corrected chi connectivity index (χ1v) is 15.7. The number of carbonyl (C=O) groups is 2. The molecule has 3 aromatic carbocycles. The molecule has 0 radical (unpaired) electrons. The van der Waals surface area contributed by atoms with E-state index >= 15 is 0 Å². The van der Waals surface area contributed by atoms with Crippen LogP contribution in [0.5, 0.6) is 11.5 Å². The van der Waals surface area contributed by atoms with Crippen molar-refractivity contribution < 1.29 is 19.1 Å². The van der Waals surface area contributed by atoms with Gasteiger partial charge in [-0.1, -0.05) is 55.5 Å². The molecule has 6 rings (SSSR count). The molecule has 0 saturated carbocycles. The fourth-order valence-corrected chi connectivity index (χ4v) is 7.08. The minimum atomic E-state index is -0.270. The first kappa shape index (κ1) is 28.9. The maximum atomic E-state index is 14.1. The van der Waals surface area contributed by atoms with Gasteiger partial charge in [-0.3, -0.25) is 14.5 Å². The van der Waals surface area contributed by atoms with Gasteiger partial charge in [-0.25, -0.2) is 4.68 Å². The summed E-state index contributed by atoms with van der Waals surface area (Å²) in [6.07, 6.45) is 1.94. The Bertz CT molecular complexity index is 1600. The number of rotatable bonds is 7. The quantitative estimate of drug-likeness (QED) is 0.261. The number of piperidine rings is 1. The highest BCUT2D eigenvalue weighted by molar-refractivity contribution is 8.00. The predicted octanol–water partition coefficient (Wildman–Crippen LogP) is 5.98. The van der Waals surface area contributed by atoms with Gasteiger partial charge in [0.15, 0.2) is 0 Å². The van der Waals surface area contributed by atoms with Crippen LogP contribution in [0.2, 0.25) is 0 Å².